The highest BCUT2D eigenvalue weighted by atomic mass is 35.5. The Morgan fingerprint density at radius 1 is 1.46 bits per heavy atom. The highest BCUT2D eigenvalue weighted by Gasteiger charge is 2.12. The second kappa shape index (κ2) is 2.87. The lowest BCUT2D eigenvalue weighted by atomic mass is 10.3. The minimum atomic E-state index is 0.0815. The molecule has 0 saturated carbocycles. The molecule has 0 bridgehead atoms. The number of nitrogens with zero attached hydrogens (tertiary/aromatic N) is 4. The molecular formula is C7H2Cl2N4. The average molecular weight is 213 g/mol. The topological polar surface area (TPSA) is 54.0 Å². The number of aromatic nitrogens is 3. The summed E-state index contributed by atoms with van der Waals surface area (Å²) in [5.41, 5.74) is 0.588. The molecule has 0 fully saturated rings. The van der Waals surface area contributed by atoms with E-state index in [4.69, 9.17) is 28.5 Å². The lowest BCUT2D eigenvalue weighted by Crippen LogP contribution is -1.95. The zero-order valence-electron chi connectivity index (χ0n) is 6.20. The Hall–Kier alpha value is -1.31. The van der Waals surface area contributed by atoms with E-state index in [1.54, 1.807) is 6.20 Å². The summed E-state index contributed by atoms with van der Waals surface area (Å²) in [6, 6.07) is 1.87. The molecule has 0 radical (unpaired) electrons. The average Bonchev–Trinajstić information content (AvgIpc) is 2.53. The van der Waals surface area contributed by atoms with Gasteiger partial charge >= 0.3 is 0 Å². The molecule has 64 valence electrons. The third kappa shape index (κ3) is 1.13. The molecule has 2 aromatic heterocycles. The van der Waals surface area contributed by atoms with Crippen LogP contribution in [0.1, 0.15) is 5.56 Å². The van der Waals surface area contributed by atoms with Crippen LogP contribution < -0.4 is 0 Å². The smallest absolute Gasteiger partial charge is 0.173 e. The van der Waals surface area contributed by atoms with Crippen LogP contribution in [0.25, 0.3) is 5.65 Å². The van der Waals surface area contributed by atoms with E-state index in [0.717, 1.165) is 0 Å². The maximum absolute atomic E-state index is 8.70. The molecule has 0 N–H and O–H groups in total. The van der Waals surface area contributed by atoms with Crippen molar-refractivity contribution in [3.8, 4) is 6.07 Å². The lowest BCUT2D eigenvalue weighted by molar-refractivity contribution is 0.933. The lowest BCUT2D eigenvalue weighted by Gasteiger charge is -1.99. The van der Waals surface area contributed by atoms with Gasteiger partial charge in [-0.3, -0.25) is 0 Å². The Bertz CT molecular complexity index is 511. The molecule has 6 heteroatoms. The molecule has 0 amide bonds. The molecule has 0 aliphatic heterocycles. The van der Waals surface area contributed by atoms with Crippen molar-refractivity contribution in [1.82, 2.24) is 14.6 Å². The van der Waals surface area contributed by atoms with Crippen LogP contribution in [0.2, 0.25) is 10.2 Å². The fourth-order valence-corrected chi connectivity index (χ4v) is 1.51. The standard InChI is InChI=1S/C7H2Cl2N4/c8-5-4(3-10)6(9)12-13-2-1-11-7(5)13/h1-2H. The van der Waals surface area contributed by atoms with Crippen molar-refractivity contribution in [2.45, 2.75) is 0 Å². The molecule has 2 rings (SSSR count). The predicted molar refractivity (Wildman–Crippen MR) is 47.7 cm³/mol. The van der Waals surface area contributed by atoms with E-state index in [-0.39, 0.29) is 15.7 Å². The number of imidazole rings is 1. The van der Waals surface area contributed by atoms with Gasteiger partial charge in [-0.1, -0.05) is 23.2 Å². The van der Waals surface area contributed by atoms with Gasteiger partial charge < -0.3 is 0 Å². The minimum absolute atomic E-state index is 0.0815. The normalized spacial score (nSPS) is 10.2. The molecule has 0 unspecified atom stereocenters. The number of fused-ring (bicyclic) bond motifs is 1. The second-order valence-electron chi connectivity index (χ2n) is 2.29. The fraction of sp³-hybridized carbons (Fsp3) is 0. The molecule has 2 heterocycles. The summed E-state index contributed by atoms with van der Waals surface area (Å²) in [5.74, 6) is 0. The van der Waals surface area contributed by atoms with Gasteiger partial charge in [-0.15, -0.1) is 0 Å². The first-order chi connectivity index (χ1) is 6.24. The van der Waals surface area contributed by atoms with Crippen LogP contribution in [-0.4, -0.2) is 14.6 Å². The molecule has 2 aromatic rings. The summed E-state index contributed by atoms with van der Waals surface area (Å²) in [6.45, 7) is 0. The Morgan fingerprint density at radius 3 is 2.92 bits per heavy atom. The van der Waals surface area contributed by atoms with Gasteiger partial charge in [-0.2, -0.15) is 10.4 Å². The van der Waals surface area contributed by atoms with E-state index in [1.807, 2.05) is 6.07 Å². The largest absolute Gasteiger partial charge is 0.234 e. The molecule has 0 aromatic carbocycles. The summed E-state index contributed by atoms with van der Waals surface area (Å²) < 4.78 is 1.42. The Balaban J connectivity index is 2.95. The third-order valence-corrected chi connectivity index (χ3v) is 2.17. The predicted octanol–water partition coefficient (Wildman–Crippen LogP) is 1.91. The van der Waals surface area contributed by atoms with Crippen molar-refractivity contribution in [3.63, 3.8) is 0 Å². The van der Waals surface area contributed by atoms with Gasteiger partial charge in [-0.25, -0.2) is 9.50 Å². The van der Waals surface area contributed by atoms with Crippen LogP contribution in [0.4, 0.5) is 0 Å². The minimum Gasteiger partial charge on any atom is -0.234 e. The van der Waals surface area contributed by atoms with E-state index in [1.165, 1.54) is 10.7 Å². The highest BCUT2D eigenvalue weighted by Crippen LogP contribution is 2.24. The number of nitriles is 1. The first-order valence-corrected chi connectivity index (χ1v) is 4.08. The number of hydrogen-bond donors (Lipinski definition) is 0. The van der Waals surface area contributed by atoms with Crippen LogP contribution in [0.5, 0.6) is 0 Å². The van der Waals surface area contributed by atoms with E-state index in [2.05, 4.69) is 10.1 Å². The maximum Gasteiger partial charge on any atom is 0.173 e. The van der Waals surface area contributed by atoms with Gasteiger partial charge in [0.15, 0.2) is 10.8 Å². The third-order valence-electron chi connectivity index (χ3n) is 1.55. The van der Waals surface area contributed by atoms with E-state index < -0.39 is 0 Å². The summed E-state index contributed by atoms with van der Waals surface area (Å²) in [6.07, 6.45) is 3.14. The molecule has 0 aliphatic rings. The van der Waals surface area contributed by atoms with Crippen molar-refractivity contribution in [2.75, 3.05) is 0 Å². The van der Waals surface area contributed by atoms with E-state index in [0.29, 0.717) is 5.65 Å². The summed E-state index contributed by atoms with van der Waals surface area (Å²) in [7, 11) is 0. The molecule has 13 heavy (non-hydrogen) atoms. The quantitative estimate of drug-likeness (QED) is 0.671. The molecule has 0 spiro atoms. The molecule has 0 atom stereocenters. The van der Waals surface area contributed by atoms with Gasteiger partial charge in [0, 0.05) is 12.4 Å². The second-order valence-corrected chi connectivity index (χ2v) is 3.02. The van der Waals surface area contributed by atoms with E-state index >= 15 is 0 Å². The zero-order valence-corrected chi connectivity index (χ0v) is 7.71. The van der Waals surface area contributed by atoms with Crippen molar-refractivity contribution in [1.29, 1.82) is 5.26 Å². The Labute approximate surface area is 83.3 Å². The number of rotatable bonds is 0. The van der Waals surface area contributed by atoms with Gasteiger partial charge in [0.2, 0.25) is 0 Å². The van der Waals surface area contributed by atoms with Gasteiger partial charge in [-0.05, 0) is 0 Å². The van der Waals surface area contributed by atoms with Crippen molar-refractivity contribution < 1.29 is 0 Å². The van der Waals surface area contributed by atoms with Crippen LogP contribution >= 0.6 is 23.2 Å². The van der Waals surface area contributed by atoms with Crippen molar-refractivity contribution >= 4 is 28.8 Å². The molecule has 0 aliphatic carbocycles. The Morgan fingerprint density at radius 2 is 2.23 bits per heavy atom. The van der Waals surface area contributed by atoms with Gasteiger partial charge in [0.05, 0.1) is 0 Å². The van der Waals surface area contributed by atoms with Crippen LogP contribution in [0.15, 0.2) is 12.4 Å². The maximum atomic E-state index is 8.70. The van der Waals surface area contributed by atoms with Gasteiger partial charge in [0.1, 0.15) is 16.7 Å². The molecule has 0 saturated heterocycles. The van der Waals surface area contributed by atoms with E-state index in [9.17, 15) is 0 Å². The summed E-state index contributed by atoms with van der Waals surface area (Å²) in [5, 5.41) is 12.9. The molecular weight excluding hydrogens is 211 g/mol. The van der Waals surface area contributed by atoms with Crippen molar-refractivity contribution in [2.24, 2.45) is 0 Å². The summed E-state index contributed by atoms with van der Waals surface area (Å²) in [4.78, 5) is 3.93. The first kappa shape index (κ1) is 8.30. The number of halogens is 2. The highest BCUT2D eigenvalue weighted by molar-refractivity contribution is 6.37. The summed E-state index contributed by atoms with van der Waals surface area (Å²) >= 11 is 11.6. The first-order valence-electron chi connectivity index (χ1n) is 3.32. The van der Waals surface area contributed by atoms with Gasteiger partial charge in [0.25, 0.3) is 0 Å². The SMILES string of the molecule is N#Cc1c(Cl)nn2ccnc2c1Cl. The zero-order chi connectivity index (χ0) is 9.42. The monoisotopic (exact) mass is 212 g/mol. The fourth-order valence-electron chi connectivity index (χ4n) is 0.977. The molecule has 4 nitrogen and oxygen atoms in total. The van der Waals surface area contributed by atoms with Crippen LogP contribution in [0, 0.1) is 11.3 Å². The van der Waals surface area contributed by atoms with Crippen LogP contribution in [0.3, 0.4) is 0 Å². The number of hydrogen-bond acceptors (Lipinski definition) is 3. The Kier molecular flexibility index (Phi) is 1.83. The van der Waals surface area contributed by atoms with Crippen LogP contribution in [-0.2, 0) is 0 Å². The van der Waals surface area contributed by atoms with Crippen molar-refractivity contribution in [3.05, 3.63) is 28.1 Å².